The lowest BCUT2D eigenvalue weighted by Crippen LogP contribution is -2.48. The summed E-state index contributed by atoms with van der Waals surface area (Å²) in [4.78, 5) is 11.3. The average molecular weight is 180 g/mol. The predicted molar refractivity (Wildman–Crippen MR) is 52.1 cm³/mol. The zero-order valence-electron chi connectivity index (χ0n) is 7.97. The van der Waals surface area contributed by atoms with Crippen LogP contribution in [0.2, 0.25) is 0 Å². The summed E-state index contributed by atoms with van der Waals surface area (Å²) in [7, 11) is 0. The van der Waals surface area contributed by atoms with Crippen LogP contribution in [0.5, 0.6) is 0 Å². The van der Waals surface area contributed by atoms with E-state index in [2.05, 4.69) is 16.6 Å². The molecule has 0 heterocycles. The number of amides is 1. The summed E-state index contributed by atoms with van der Waals surface area (Å²) in [6.07, 6.45) is 8.68. The monoisotopic (exact) mass is 180 g/mol. The van der Waals surface area contributed by atoms with Crippen LogP contribution >= 0.6 is 0 Å². The molecule has 1 aliphatic carbocycles. The van der Waals surface area contributed by atoms with E-state index in [1.807, 2.05) is 6.92 Å². The molecule has 1 fully saturated rings. The molecule has 1 atom stereocenters. The van der Waals surface area contributed by atoms with E-state index in [4.69, 9.17) is 6.42 Å². The van der Waals surface area contributed by atoms with Crippen molar-refractivity contribution in [1.29, 1.82) is 0 Å². The molecule has 1 amide bonds. The number of hydrogen-bond donors (Lipinski definition) is 2. The molecule has 3 heteroatoms. The van der Waals surface area contributed by atoms with Crippen molar-refractivity contribution < 1.29 is 4.79 Å². The largest absolute Gasteiger partial charge is 0.344 e. The first kappa shape index (κ1) is 10.1. The molecule has 3 nitrogen and oxygen atoms in total. The van der Waals surface area contributed by atoms with Crippen molar-refractivity contribution in [2.45, 2.75) is 38.3 Å². The second-order valence-electron chi connectivity index (χ2n) is 3.44. The Morgan fingerprint density at radius 1 is 1.69 bits per heavy atom. The van der Waals surface area contributed by atoms with Crippen LogP contribution < -0.4 is 10.6 Å². The highest BCUT2D eigenvalue weighted by Gasteiger charge is 2.21. The third-order valence-corrected chi connectivity index (χ3v) is 2.35. The van der Waals surface area contributed by atoms with E-state index in [1.54, 1.807) is 0 Å². The fraction of sp³-hybridized carbons (Fsp3) is 0.700. The lowest BCUT2D eigenvalue weighted by molar-refractivity contribution is -0.122. The van der Waals surface area contributed by atoms with E-state index >= 15 is 0 Å². The number of carbonyl (C=O) groups is 1. The van der Waals surface area contributed by atoms with Crippen molar-refractivity contribution in [2.75, 3.05) is 6.54 Å². The van der Waals surface area contributed by atoms with Gasteiger partial charge in [-0.2, -0.15) is 0 Å². The van der Waals surface area contributed by atoms with Gasteiger partial charge in [0, 0.05) is 6.04 Å². The van der Waals surface area contributed by atoms with E-state index in [9.17, 15) is 4.79 Å². The van der Waals surface area contributed by atoms with Gasteiger partial charge in [-0.1, -0.05) is 12.3 Å². The number of hydrogen-bond acceptors (Lipinski definition) is 2. The van der Waals surface area contributed by atoms with Gasteiger partial charge in [0.05, 0.1) is 12.6 Å². The summed E-state index contributed by atoms with van der Waals surface area (Å²) in [5.41, 5.74) is 0. The van der Waals surface area contributed by atoms with Crippen LogP contribution in [0.1, 0.15) is 26.2 Å². The molecule has 1 rings (SSSR count). The third-order valence-electron chi connectivity index (χ3n) is 2.35. The zero-order valence-corrected chi connectivity index (χ0v) is 7.97. The SMILES string of the molecule is C#CCNC(=O)C(C)NC1CCC1. The van der Waals surface area contributed by atoms with Gasteiger partial charge in [0.2, 0.25) is 5.91 Å². The standard InChI is InChI=1S/C10H16N2O/c1-3-7-11-10(13)8(2)12-9-5-4-6-9/h1,8-9,12H,4-7H2,2H3,(H,11,13). The minimum absolute atomic E-state index is 0.00940. The normalized spacial score (nSPS) is 18.5. The van der Waals surface area contributed by atoms with Gasteiger partial charge in [-0.25, -0.2) is 0 Å². The maximum atomic E-state index is 11.3. The van der Waals surface area contributed by atoms with E-state index < -0.39 is 0 Å². The fourth-order valence-electron chi connectivity index (χ4n) is 1.30. The molecule has 0 aromatic rings. The van der Waals surface area contributed by atoms with Gasteiger partial charge in [-0.05, 0) is 19.8 Å². The molecule has 2 N–H and O–H groups in total. The molecular weight excluding hydrogens is 164 g/mol. The van der Waals surface area contributed by atoms with Crippen molar-refractivity contribution in [3.8, 4) is 12.3 Å². The number of rotatable bonds is 4. The number of carbonyl (C=O) groups excluding carboxylic acids is 1. The zero-order chi connectivity index (χ0) is 9.68. The van der Waals surface area contributed by atoms with E-state index in [0.29, 0.717) is 12.6 Å². The lowest BCUT2D eigenvalue weighted by Gasteiger charge is -2.29. The van der Waals surface area contributed by atoms with E-state index in [1.165, 1.54) is 19.3 Å². The summed E-state index contributed by atoms with van der Waals surface area (Å²) in [5.74, 6) is 2.37. The Morgan fingerprint density at radius 2 is 2.38 bits per heavy atom. The van der Waals surface area contributed by atoms with Gasteiger partial charge in [-0.3, -0.25) is 4.79 Å². The van der Waals surface area contributed by atoms with Gasteiger partial charge in [-0.15, -0.1) is 6.42 Å². The molecule has 1 unspecified atom stereocenters. The minimum Gasteiger partial charge on any atom is -0.344 e. The van der Waals surface area contributed by atoms with Crippen LogP contribution in [0.4, 0.5) is 0 Å². The Bertz CT molecular complexity index is 215. The summed E-state index contributed by atoms with van der Waals surface area (Å²) < 4.78 is 0. The minimum atomic E-state index is -0.126. The second-order valence-corrected chi connectivity index (χ2v) is 3.44. The maximum Gasteiger partial charge on any atom is 0.237 e. The summed E-state index contributed by atoms with van der Waals surface area (Å²) in [6.45, 7) is 2.18. The Balaban J connectivity index is 2.17. The van der Waals surface area contributed by atoms with Crippen LogP contribution in [0.15, 0.2) is 0 Å². The molecule has 0 radical (unpaired) electrons. The number of terminal acetylenes is 1. The predicted octanol–water partition coefficient (Wildman–Crippen LogP) is 0.266. The van der Waals surface area contributed by atoms with Crippen molar-refractivity contribution in [2.24, 2.45) is 0 Å². The smallest absolute Gasteiger partial charge is 0.237 e. The maximum absolute atomic E-state index is 11.3. The van der Waals surface area contributed by atoms with Crippen molar-refractivity contribution in [1.82, 2.24) is 10.6 Å². The molecule has 1 aliphatic rings. The molecule has 0 aromatic carbocycles. The van der Waals surface area contributed by atoms with Crippen LogP contribution in [0, 0.1) is 12.3 Å². The topological polar surface area (TPSA) is 41.1 Å². The Hall–Kier alpha value is -1.01. The Kier molecular flexibility index (Phi) is 3.78. The molecule has 13 heavy (non-hydrogen) atoms. The molecule has 0 spiro atoms. The third kappa shape index (κ3) is 3.08. The van der Waals surface area contributed by atoms with Gasteiger partial charge < -0.3 is 10.6 Å². The van der Waals surface area contributed by atoms with Crippen LogP contribution in [-0.2, 0) is 4.79 Å². The molecule has 1 saturated carbocycles. The molecule has 0 saturated heterocycles. The summed E-state index contributed by atoms with van der Waals surface area (Å²) >= 11 is 0. The summed E-state index contributed by atoms with van der Waals surface area (Å²) in [5, 5.41) is 5.89. The van der Waals surface area contributed by atoms with E-state index in [-0.39, 0.29) is 11.9 Å². The molecule has 0 bridgehead atoms. The molecule has 72 valence electrons. The van der Waals surface area contributed by atoms with Crippen molar-refractivity contribution in [3.05, 3.63) is 0 Å². The summed E-state index contributed by atoms with van der Waals surface area (Å²) in [6, 6.07) is 0.408. The highest BCUT2D eigenvalue weighted by Crippen LogP contribution is 2.18. The van der Waals surface area contributed by atoms with Crippen LogP contribution in [0.3, 0.4) is 0 Å². The quantitative estimate of drug-likeness (QED) is 0.610. The van der Waals surface area contributed by atoms with Crippen molar-refractivity contribution >= 4 is 5.91 Å². The first-order valence-electron chi connectivity index (χ1n) is 4.71. The first-order chi connectivity index (χ1) is 6.24. The second kappa shape index (κ2) is 4.88. The fourth-order valence-corrected chi connectivity index (χ4v) is 1.30. The highest BCUT2D eigenvalue weighted by atomic mass is 16.2. The van der Waals surface area contributed by atoms with Crippen LogP contribution in [-0.4, -0.2) is 24.5 Å². The van der Waals surface area contributed by atoms with Gasteiger partial charge >= 0.3 is 0 Å². The molecule has 0 aromatic heterocycles. The number of nitrogens with one attached hydrogen (secondary N) is 2. The van der Waals surface area contributed by atoms with Gasteiger partial charge in [0.1, 0.15) is 0 Å². The lowest BCUT2D eigenvalue weighted by atomic mass is 9.92. The first-order valence-corrected chi connectivity index (χ1v) is 4.71. The molecular formula is C10H16N2O. The van der Waals surface area contributed by atoms with E-state index in [0.717, 1.165) is 0 Å². The Morgan fingerprint density at radius 3 is 2.85 bits per heavy atom. The Labute approximate surface area is 79.3 Å². The molecule has 0 aliphatic heterocycles. The highest BCUT2D eigenvalue weighted by molar-refractivity contribution is 5.81. The van der Waals surface area contributed by atoms with Crippen LogP contribution in [0.25, 0.3) is 0 Å². The van der Waals surface area contributed by atoms with Gasteiger partial charge in [0.25, 0.3) is 0 Å². The van der Waals surface area contributed by atoms with Gasteiger partial charge in [0.15, 0.2) is 0 Å². The average Bonchev–Trinajstić information content (AvgIpc) is 2.06. The van der Waals surface area contributed by atoms with Crippen molar-refractivity contribution in [3.63, 3.8) is 0 Å².